The molecule has 2 heterocycles. The van der Waals surface area contributed by atoms with Gasteiger partial charge in [-0.2, -0.15) is 0 Å². The normalized spacial score (nSPS) is 17.1. The van der Waals surface area contributed by atoms with E-state index >= 15 is 0 Å². The minimum atomic E-state index is -0.745. The van der Waals surface area contributed by atoms with Crippen molar-refractivity contribution >= 4 is 33.8 Å². The molecule has 0 saturated heterocycles. The summed E-state index contributed by atoms with van der Waals surface area (Å²) in [7, 11) is 0. The summed E-state index contributed by atoms with van der Waals surface area (Å²) in [6.45, 7) is -0.237. The van der Waals surface area contributed by atoms with E-state index < -0.39 is 17.7 Å². The number of amides is 1. The average molecular weight is 379 g/mol. The summed E-state index contributed by atoms with van der Waals surface area (Å²) < 4.78 is 0. The van der Waals surface area contributed by atoms with Gasteiger partial charge in [0, 0.05) is 6.54 Å². The van der Waals surface area contributed by atoms with Gasteiger partial charge in [-0.15, -0.1) is 11.3 Å². The molecule has 1 amide bonds. The van der Waals surface area contributed by atoms with Gasteiger partial charge in [-0.25, -0.2) is 0 Å². The number of hydrogen-bond acceptors (Lipinski definition) is 5. The molecular weight excluding hydrogens is 362 g/mol. The minimum absolute atomic E-state index is 0.0258. The number of aliphatic hydroxyl groups is 2. The van der Waals surface area contributed by atoms with Crippen LogP contribution in [0.2, 0.25) is 0 Å². The highest BCUT2D eigenvalue weighted by Crippen LogP contribution is 2.41. The molecule has 0 bridgehead atoms. The second-order valence-electron chi connectivity index (χ2n) is 6.26. The maximum atomic E-state index is 13.1. The van der Waals surface area contributed by atoms with Crippen molar-refractivity contribution in [3.63, 3.8) is 0 Å². The van der Waals surface area contributed by atoms with Crippen molar-refractivity contribution in [2.75, 3.05) is 13.2 Å². The zero-order valence-electron chi connectivity index (χ0n) is 14.3. The third-order valence-electron chi connectivity index (χ3n) is 4.75. The second-order valence-corrected chi connectivity index (χ2v) is 7.21. The lowest BCUT2D eigenvalue weighted by Crippen LogP contribution is -2.33. The molecule has 1 aliphatic heterocycles. The Balaban J connectivity index is 1.92. The first kappa shape index (κ1) is 17.5. The van der Waals surface area contributed by atoms with E-state index in [4.69, 9.17) is 0 Å². The summed E-state index contributed by atoms with van der Waals surface area (Å²) in [6, 6.07) is 16.0. The number of carbonyl (C=O) groups excluding carboxylic acids is 2. The van der Waals surface area contributed by atoms with Crippen LogP contribution in [0, 0.1) is 0 Å². The van der Waals surface area contributed by atoms with Crippen LogP contribution in [-0.2, 0) is 4.79 Å². The van der Waals surface area contributed by atoms with Gasteiger partial charge in [0.2, 0.25) is 5.78 Å². The van der Waals surface area contributed by atoms with Crippen LogP contribution in [0.4, 0.5) is 0 Å². The van der Waals surface area contributed by atoms with Crippen LogP contribution in [0.15, 0.2) is 71.3 Å². The molecule has 4 rings (SSSR count). The first-order chi connectivity index (χ1) is 13.1. The number of hydrogen-bond donors (Lipinski definition) is 2. The largest absolute Gasteiger partial charge is 0.503 e. The molecule has 3 aromatic rings. The quantitative estimate of drug-likeness (QED) is 0.666. The fourth-order valence-electron chi connectivity index (χ4n) is 3.58. The molecule has 0 spiro atoms. The van der Waals surface area contributed by atoms with E-state index in [0.717, 1.165) is 16.3 Å². The first-order valence-electron chi connectivity index (χ1n) is 8.54. The van der Waals surface area contributed by atoms with Crippen LogP contribution in [0.25, 0.3) is 10.8 Å². The number of rotatable bonds is 5. The van der Waals surface area contributed by atoms with Crippen molar-refractivity contribution < 1.29 is 19.8 Å². The van der Waals surface area contributed by atoms with Crippen molar-refractivity contribution in [3.05, 3.63) is 81.8 Å². The number of β-amino-alcohol motifs (C(OH)–C–C–N with tert-alkyl or cyclic N) is 1. The zero-order valence-corrected chi connectivity index (χ0v) is 15.1. The van der Waals surface area contributed by atoms with Gasteiger partial charge in [-0.05, 0) is 27.8 Å². The second kappa shape index (κ2) is 6.98. The fourth-order valence-corrected chi connectivity index (χ4v) is 4.25. The highest BCUT2D eigenvalue weighted by Gasteiger charge is 2.44. The molecule has 27 heavy (non-hydrogen) atoms. The Hall–Kier alpha value is -2.96. The topological polar surface area (TPSA) is 77.8 Å². The van der Waals surface area contributed by atoms with E-state index in [1.807, 2.05) is 42.5 Å². The molecule has 1 aromatic heterocycles. The van der Waals surface area contributed by atoms with Crippen LogP contribution in [-0.4, -0.2) is 40.0 Å². The highest BCUT2D eigenvalue weighted by molar-refractivity contribution is 7.12. The molecule has 0 aliphatic carbocycles. The van der Waals surface area contributed by atoms with E-state index in [-0.39, 0.29) is 24.5 Å². The maximum Gasteiger partial charge on any atom is 0.290 e. The highest BCUT2D eigenvalue weighted by atomic mass is 32.1. The Morgan fingerprint density at radius 2 is 1.85 bits per heavy atom. The molecule has 2 N–H and O–H groups in total. The molecular formula is C21H17NO4S. The molecule has 0 radical (unpaired) electrons. The predicted molar refractivity (Wildman–Crippen MR) is 104 cm³/mol. The van der Waals surface area contributed by atoms with Crippen LogP contribution in [0.1, 0.15) is 21.3 Å². The van der Waals surface area contributed by atoms with E-state index in [0.29, 0.717) is 4.88 Å². The smallest absolute Gasteiger partial charge is 0.290 e. The van der Waals surface area contributed by atoms with Gasteiger partial charge >= 0.3 is 0 Å². The van der Waals surface area contributed by atoms with Gasteiger partial charge in [0.1, 0.15) is 0 Å². The van der Waals surface area contributed by atoms with Crippen LogP contribution >= 0.6 is 11.3 Å². The molecule has 2 aromatic carbocycles. The number of fused-ring (bicyclic) bond motifs is 1. The Bertz CT molecular complexity index is 1050. The molecule has 0 unspecified atom stereocenters. The first-order valence-corrected chi connectivity index (χ1v) is 9.42. The van der Waals surface area contributed by atoms with Crippen LogP contribution < -0.4 is 0 Å². The molecule has 0 saturated carbocycles. The Labute approximate surface area is 159 Å². The van der Waals surface area contributed by atoms with Gasteiger partial charge in [0.25, 0.3) is 5.91 Å². The van der Waals surface area contributed by atoms with Gasteiger partial charge in [-0.1, -0.05) is 48.5 Å². The lowest BCUT2D eigenvalue weighted by molar-refractivity contribution is -0.129. The lowest BCUT2D eigenvalue weighted by atomic mass is 9.91. The predicted octanol–water partition coefficient (Wildman–Crippen LogP) is 3.47. The Morgan fingerprint density at radius 1 is 1.07 bits per heavy atom. The van der Waals surface area contributed by atoms with Gasteiger partial charge < -0.3 is 15.1 Å². The van der Waals surface area contributed by atoms with Crippen LogP contribution in [0.3, 0.4) is 0 Å². The fraction of sp³-hybridized carbons (Fsp3) is 0.143. The van der Waals surface area contributed by atoms with E-state index in [2.05, 4.69) is 0 Å². The van der Waals surface area contributed by atoms with Gasteiger partial charge in [-0.3, -0.25) is 9.59 Å². The monoisotopic (exact) mass is 379 g/mol. The number of Topliss-reactive ketones (excluding diaryl/α,β-unsaturated/α-hetero) is 1. The summed E-state index contributed by atoms with van der Waals surface area (Å²) in [5, 5.41) is 23.6. The molecule has 1 atom stereocenters. The van der Waals surface area contributed by atoms with E-state index in [1.165, 1.54) is 16.2 Å². The van der Waals surface area contributed by atoms with E-state index in [9.17, 15) is 19.8 Å². The Morgan fingerprint density at radius 3 is 2.59 bits per heavy atom. The maximum absolute atomic E-state index is 13.1. The molecule has 5 nitrogen and oxygen atoms in total. The van der Waals surface area contributed by atoms with Crippen molar-refractivity contribution in [2.45, 2.75) is 6.04 Å². The standard InChI is InChI=1S/C21H17NO4S/c23-11-10-22-18(15-8-3-6-13-5-1-2-7-14(13)15)17(20(25)21(22)26)19(24)16-9-4-12-27-16/h1-9,12,18,23,25H,10-11H2/t18-/m0/s1. The summed E-state index contributed by atoms with van der Waals surface area (Å²) in [6.07, 6.45) is 0. The average Bonchev–Trinajstić information content (AvgIpc) is 3.31. The van der Waals surface area contributed by atoms with Gasteiger partial charge in [0.05, 0.1) is 23.1 Å². The lowest BCUT2D eigenvalue weighted by Gasteiger charge is -2.27. The van der Waals surface area contributed by atoms with Crippen LogP contribution in [0.5, 0.6) is 0 Å². The number of thiophene rings is 1. The summed E-state index contributed by atoms with van der Waals surface area (Å²) in [5.41, 5.74) is 0.811. The van der Waals surface area contributed by atoms with Gasteiger partial charge in [0.15, 0.2) is 5.76 Å². The third kappa shape index (κ3) is 2.83. The summed E-state index contributed by atoms with van der Waals surface area (Å²) in [4.78, 5) is 27.6. The number of nitrogens with zero attached hydrogens (tertiary/aromatic N) is 1. The molecule has 6 heteroatoms. The Kier molecular flexibility index (Phi) is 4.51. The number of ketones is 1. The summed E-state index contributed by atoms with van der Waals surface area (Å²) >= 11 is 1.26. The van der Waals surface area contributed by atoms with Crippen molar-refractivity contribution in [1.29, 1.82) is 0 Å². The van der Waals surface area contributed by atoms with Crippen molar-refractivity contribution in [3.8, 4) is 0 Å². The number of benzene rings is 2. The SMILES string of the molecule is O=C(C1=C(O)C(=O)N(CCO)[C@H]1c1cccc2ccccc12)c1cccs1. The molecule has 1 aliphatic rings. The minimum Gasteiger partial charge on any atom is -0.503 e. The summed E-state index contributed by atoms with van der Waals surface area (Å²) in [5.74, 6) is -1.55. The van der Waals surface area contributed by atoms with E-state index in [1.54, 1.807) is 17.5 Å². The molecule has 136 valence electrons. The van der Waals surface area contributed by atoms with Crippen molar-refractivity contribution in [2.24, 2.45) is 0 Å². The number of carbonyl (C=O) groups is 2. The number of aliphatic hydroxyl groups excluding tert-OH is 2. The molecule has 0 fully saturated rings. The third-order valence-corrected chi connectivity index (χ3v) is 5.62. The van der Waals surface area contributed by atoms with Crippen molar-refractivity contribution in [1.82, 2.24) is 4.90 Å². The zero-order chi connectivity index (χ0) is 19.0.